The Morgan fingerprint density at radius 2 is 2.09 bits per heavy atom. The molecule has 0 bridgehead atoms. The molecule has 2 aromatic rings. The van der Waals surface area contributed by atoms with E-state index in [1.807, 2.05) is 37.4 Å². The van der Waals surface area contributed by atoms with Gasteiger partial charge in [-0.05, 0) is 25.3 Å². The number of aryl methyl sites for hydroxylation is 2. The van der Waals surface area contributed by atoms with E-state index in [4.69, 9.17) is 0 Å². The first-order valence-electron chi connectivity index (χ1n) is 7.55. The number of rotatable bonds is 6. The lowest BCUT2D eigenvalue weighted by atomic mass is 9.95. The van der Waals surface area contributed by atoms with Gasteiger partial charge in [0.1, 0.15) is 0 Å². The number of nitrogens with zero attached hydrogens (tertiary/aromatic N) is 3. The fraction of sp³-hybridized carbons (Fsp3) is 0.562. The molecule has 0 saturated carbocycles. The monoisotopic (exact) mass is 320 g/mol. The van der Waals surface area contributed by atoms with Crippen molar-refractivity contribution in [2.45, 2.75) is 46.0 Å². The number of carbonyl (C=O) groups is 1. The molecule has 1 N–H and O–H groups in total. The maximum Gasteiger partial charge on any atom is 0.222 e. The van der Waals surface area contributed by atoms with E-state index in [2.05, 4.69) is 29.0 Å². The Bertz CT molecular complexity index is 601. The lowest BCUT2D eigenvalue weighted by molar-refractivity contribution is -0.130. The standard InChI is InChI=1S/C16H24N4OS/c1-10(15-12(3)18-19-13(15)4)8-14(21)20(5)9-11(2)16-17-6-7-22-16/h6-7,10-11H,8-9H2,1-5H3,(H,18,19). The third kappa shape index (κ3) is 3.74. The van der Waals surface area contributed by atoms with Gasteiger partial charge in [-0.25, -0.2) is 4.98 Å². The number of aromatic amines is 1. The first-order valence-corrected chi connectivity index (χ1v) is 8.43. The van der Waals surface area contributed by atoms with Crippen molar-refractivity contribution >= 4 is 17.2 Å². The first-order chi connectivity index (χ1) is 10.4. The van der Waals surface area contributed by atoms with Crippen molar-refractivity contribution in [3.8, 4) is 0 Å². The number of nitrogens with one attached hydrogen (secondary N) is 1. The van der Waals surface area contributed by atoms with Crippen molar-refractivity contribution in [3.05, 3.63) is 33.5 Å². The van der Waals surface area contributed by atoms with Crippen LogP contribution in [0.5, 0.6) is 0 Å². The molecule has 0 aliphatic heterocycles. The Labute approximate surface area is 135 Å². The smallest absolute Gasteiger partial charge is 0.222 e. The summed E-state index contributed by atoms with van der Waals surface area (Å²) < 4.78 is 0. The normalized spacial score (nSPS) is 13.9. The van der Waals surface area contributed by atoms with Crippen molar-refractivity contribution in [3.63, 3.8) is 0 Å². The second-order valence-electron chi connectivity index (χ2n) is 6.00. The van der Waals surface area contributed by atoms with Crippen LogP contribution in [0.25, 0.3) is 0 Å². The highest BCUT2D eigenvalue weighted by molar-refractivity contribution is 7.09. The minimum absolute atomic E-state index is 0.163. The molecule has 0 aliphatic rings. The van der Waals surface area contributed by atoms with Crippen LogP contribution in [-0.4, -0.2) is 39.6 Å². The maximum atomic E-state index is 12.5. The molecule has 2 atom stereocenters. The van der Waals surface area contributed by atoms with Crippen LogP contribution in [0, 0.1) is 13.8 Å². The van der Waals surface area contributed by atoms with E-state index in [1.165, 1.54) is 0 Å². The molecule has 0 aliphatic carbocycles. The number of carbonyl (C=O) groups excluding carboxylic acids is 1. The molecule has 0 radical (unpaired) electrons. The summed E-state index contributed by atoms with van der Waals surface area (Å²) in [5.74, 6) is 0.599. The third-order valence-corrected chi connectivity index (χ3v) is 5.01. The molecule has 2 rings (SSSR count). The second-order valence-corrected chi connectivity index (χ2v) is 6.92. The Hall–Kier alpha value is -1.69. The van der Waals surface area contributed by atoms with Gasteiger partial charge in [-0.15, -0.1) is 11.3 Å². The van der Waals surface area contributed by atoms with Crippen LogP contribution in [0.4, 0.5) is 0 Å². The molecule has 0 saturated heterocycles. The zero-order chi connectivity index (χ0) is 16.3. The number of H-pyrrole nitrogens is 1. The van der Waals surface area contributed by atoms with Crippen molar-refractivity contribution in [2.75, 3.05) is 13.6 Å². The number of likely N-dealkylation sites (N-methyl/N-ethyl adjacent to an activating group) is 1. The average molecular weight is 320 g/mol. The maximum absolute atomic E-state index is 12.5. The van der Waals surface area contributed by atoms with Gasteiger partial charge < -0.3 is 4.90 Å². The largest absolute Gasteiger partial charge is 0.345 e. The minimum Gasteiger partial charge on any atom is -0.345 e. The lowest BCUT2D eigenvalue weighted by Crippen LogP contribution is -2.31. The molecule has 2 unspecified atom stereocenters. The third-order valence-electron chi connectivity index (χ3n) is 4.01. The van der Waals surface area contributed by atoms with E-state index in [0.717, 1.165) is 22.0 Å². The number of hydrogen-bond donors (Lipinski definition) is 1. The first kappa shape index (κ1) is 16.7. The van der Waals surface area contributed by atoms with Gasteiger partial charge in [0.2, 0.25) is 5.91 Å². The van der Waals surface area contributed by atoms with Gasteiger partial charge in [0.15, 0.2) is 0 Å². The van der Waals surface area contributed by atoms with Gasteiger partial charge in [0, 0.05) is 43.2 Å². The van der Waals surface area contributed by atoms with Gasteiger partial charge >= 0.3 is 0 Å². The Morgan fingerprint density at radius 3 is 2.64 bits per heavy atom. The molecule has 1 amide bonds. The van der Waals surface area contributed by atoms with E-state index in [9.17, 15) is 4.79 Å². The minimum atomic E-state index is 0.163. The van der Waals surface area contributed by atoms with Crippen LogP contribution in [0.1, 0.15) is 54.1 Å². The van der Waals surface area contributed by atoms with E-state index in [0.29, 0.717) is 13.0 Å². The fourth-order valence-electron chi connectivity index (χ4n) is 2.87. The molecular weight excluding hydrogens is 296 g/mol. The quantitative estimate of drug-likeness (QED) is 0.889. The van der Waals surface area contributed by atoms with Gasteiger partial charge in [-0.1, -0.05) is 13.8 Å². The Balaban J connectivity index is 1.94. The average Bonchev–Trinajstić information content (AvgIpc) is 3.08. The fourth-order valence-corrected chi connectivity index (χ4v) is 3.56. The summed E-state index contributed by atoms with van der Waals surface area (Å²) in [6.07, 6.45) is 2.31. The summed E-state index contributed by atoms with van der Waals surface area (Å²) in [5, 5.41) is 10.3. The van der Waals surface area contributed by atoms with E-state index in [1.54, 1.807) is 11.3 Å². The lowest BCUT2D eigenvalue weighted by Gasteiger charge is -2.22. The summed E-state index contributed by atoms with van der Waals surface area (Å²) in [5.41, 5.74) is 3.20. The van der Waals surface area contributed by atoms with Gasteiger partial charge in [0.25, 0.3) is 0 Å². The SMILES string of the molecule is Cc1n[nH]c(C)c1C(C)CC(=O)N(C)CC(C)c1nccs1. The van der Waals surface area contributed by atoms with Crippen LogP contribution in [0.2, 0.25) is 0 Å². The molecule has 2 aromatic heterocycles. The van der Waals surface area contributed by atoms with E-state index in [-0.39, 0.29) is 17.7 Å². The topological polar surface area (TPSA) is 61.9 Å². The summed E-state index contributed by atoms with van der Waals surface area (Å²) in [4.78, 5) is 18.6. The highest BCUT2D eigenvalue weighted by Gasteiger charge is 2.21. The van der Waals surface area contributed by atoms with E-state index < -0.39 is 0 Å². The van der Waals surface area contributed by atoms with Crippen LogP contribution in [0.15, 0.2) is 11.6 Å². The molecule has 5 nitrogen and oxygen atoms in total. The molecule has 6 heteroatoms. The number of aromatic nitrogens is 3. The van der Waals surface area contributed by atoms with Gasteiger partial charge in [0.05, 0.1) is 10.7 Å². The van der Waals surface area contributed by atoms with Crippen LogP contribution in [-0.2, 0) is 4.79 Å². The highest BCUT2D eigenvalue weighted by atomic mass is 32.1. The van der Waals surface area contributed by atoms with Gasteiger partial charge in [-0.3, -0.25) is 9.89 Å². The summed E-state index contributed by atoms with van der Waals surface area (Å²) in [6, 6.07) is 0. The molecule has 2 heterocycles. The molecule has 0 aromatic carbocycles. The summed E-state index contributed by atoms with van der Waals surface area (Å²) in [6.45, 7) is 8.87. The molecule has 0 fully saturated rings. The molecular formula is C16H24N4OS. The van der Waals surface area contributed by atoms with Crippen LogP contribution in [0.3, 0.4) is 0 Å². The van der Waals surface area contributed by atoms with Crippen molar-refractivity contribution in [1.82, 2.24) is 20.1 Å². The summed E-state index contributed by atoms with van der Waals surface area (Å²) >= 11 is 1.64. The predicted octanol–water partition coefficient (Wildman–Crippen LogP) is 3.24. The zero-order valence-corrected chi connectivity index (χ0v) is 14.7. The predicted molar refractivity (Wildman–Crippen MR) is 89.3 cm³/mol. The Morgan fingerprint density at radius 1 is 1.36 bits per heavy atom. The zero-order valence-electron chi connectivity index (χ0n) is 13.9. The summed E-state index contributed by atoms with van der Waals surface area (Å²) in [7, 11) is 1.87. The van der Waals surface area contributed by atoms with Crippen LogP contribution < -0.4 is 0 Å². The van der Waals surface area contributed by atoms with Crippen LogP contribution >= 0.6 is 11.3 Å². The number of amides is 1. The van der Waals surface area contributed by atoms with Crippen molar-refractivity contribution in [1.29, 1.82) is 0 Å². The molecule has 0 spiro atoms. The highest BCUT2D eigenvalue weighted by Crippen LogP contribution is 2.25. The van der Waals surface area contributed by atoms with Crippen molar-refractivity contribution in [2.24, 2.45) is 0 Å². The number of thiazole rings is 1. The Kier molecular flexibility index (Phi) is 5.34. The molecule has 22 heavy (non-hydrogen) atoms. The van der Waals surface area contributed by atoms with E-state index >= 15 is 0 Å². The van der Waals surface area contributed by atoms with Gasteiger partial charge in [-0.2, -0.15) is 5.10 Å². The second kappa shape index (κ2) is 7.05. The van der Waals surface area contributed by atoms with Crippen molar-refractivity contribution < 1.29 is 4.79 Å². The number of hydrogen-bond acceptors (Lipinski definition) is 4. The molecule has 120 valence electrons.